The zero-order chi connectivity index (χ0) is 21.9. The number of nitrogens with zero attached hydrogens (tertiary/aromatic N) is 3. The zero-order valence-corrected chi connectivity index (χ0v) is 19.5. The molecule has 2 aromatic carbocycles. The summed E-state index contributed by atoms with van der Waals surface area (Å²) in [5.41, 5.74) is 2.32. The van der Waals surface area contributed by atoms with Gasteiger partial charge in [-0.1, -0.05) is 18.2 Å². The van der Waals surface area contributed by atoms with Crippen molar-refractivity contribution in [2.24, 2.45) is 0 Å². The topological polar surface area (TPSA) is 65.5 Å². The Morgan fingerprint density at radius 1 is 1.06 bits per heavy atom. The number of thioether (sulfide) groups is 1. The number of fused-ring (bicyclic) bond motifs is 1. The van der Waals surface area contributed by atoms with E-state index in [0.717, 1.165) is 54.5 Å². The van der Waals surface area contributed by atoms with Crippen molar-refractivity contribution in [3.63, 3.8) is 0 Å². The Hall–Kier alpha value is -2.42. The van der Waals surface area contributed by atoms with Gasteiger partial charge < -0.3 is 10.2 Å². The zero-order valence-electron chi connectivity index (χ0n) is 17.8. The van der Waals surface area contributed by atoms with Crippen molar-refractivity contribution in [2.45, 2.75) is 18.9 Å². The molecule has 2 fully saturated rings. The van der Waals surface area contributed by atoms with Gasteiger partial charge >= 0.3 is 0 Å². The Bertz CT molecular complexity index is 1090. The molecule has 0 spiro atoms. The highest BCUT2D eigenvalue weighted by molar-refractivity contribution is 7.99. The smallest absolute Gasteiger partial charge is 0.253 e. The maximum absolute atomic E-state index is 12.8. The third-order valence-corrected chi connectivity index (χ3v) is 8.08. The van der Waals surface area contributed by atoms with Crippen LogP contribution in [0.2, 0.25) is 0 Å². The predicted molar refractivity (Wildman–Crippen MR) is 131 cm³/mol. The summed E-state index contributed by atoms with van der Waals surface area (Å²) in [4.78, 5) is 34.5. The Morgan fingerprint density at radius 2 is 1.91 bits per heavy atom. The van der Waals surface area contributed by atoms with E-state index in [-0.39, 0.29) is 17.9 Å². The molecular formula is C24H26N4O2S2. The SMILES string of the molecule is O=C(CN1CCCC1c1nc2ccccc2s1)Nc1cccc(C(=O)N2CCSCC2)c1. The molecule has 0 radical (unpaired) electrons. The van der Waals surface area contributed by atoms with Crippen molar-refractivity contribution < 1.29 is 9.59 Å². The molecule has 166 valence electrons. The molecule has 2 amide bonds. The largest absolute Gasteiger partial charge is 0.337 e. The lowest BCUT2D eigenvalue weighted by Gasteiger charge is -2.26. The standard InChI is InChI=1S/C24H26N4O2S2/c29-22(25-18-6-3-5-17(15-18)24(30)27-11-13-31-14-12-27)16-28-10-4-8-20(28)23-26-19-7-1-2-9-21(19)32-23/h1-3,5-7,9,15,20H,4,8,10-14,16H2,(H,25,29). The van der Waals surface area contributed by atoms with E-state index in [9.17, 15) is 9.59 Å². The van der Waals surface area contributed by atoms with Gasteiger partial charge in [0, 0.05) is 35.8 Å². The van der Waals surface area contributed by atoms with Crippen LogP contribution in [0, 0.1) is 0 Å². The maximum Gasteiger partial charge on any atom is 0.253 e. The molecule has 3 aromatic rings. The van der Waals surface area contributed by atoms with Crippen LogP contribution >= 0.6 is 23.1 Å². The highest BCUT2D eigenvalue weighted by Gasteiger charge is 2.30. The van der Waals surface area contributed by atoms with Gasteiger partial charge in [0.1, 0.15) is 5.01 Å². The van der Waals surface area contributed by atoms with Crippen LogP contribution in [0.1, 0.15) is 34.2 Å². The number of rotatable bonds is 5. The van der Waals surface area contributed by atoms with Crippen LogP contribution in [-0.2, 0) is 4.79 Å². The molecule has 0 saturated carbocycles. The molecule has 0 bridgehead atoms. The van der Waals surface area contributed by atoms with Crippen LogP contribution in [-0.4, -0.2) is 64.3 Å². The van der Waals surface area contributed by atoms with E-state index < -0.39 is 0 Å². The molecular weight excluding hydrogens is 440 g/mol. The second-order valence-corrected chi connectivity index (χ2v) is 10.5. The van der Waals surface area contributed by atoms with Crippen molar-refractivity contribution in [1.82, 2.24) is 14.8 Å². The lowest BCUT2D eigenvalue weighted by Crippen LogP contribution is -2.38. The van der Waals surface area contributed by atoms with Gasteiger partial charge in [-0.25, -0.2) is 4.98 Å². The molecule has 8 heteroatoms. The lowest BCUT2D eigenvalue weighted by molar-refractivity contribution is -0.117. The summed E-state index contributed by atoms with van der Waals surface area (Å²) in [5, 5.41) is 4.08. The van der Waals surface area contributed by atoms with Crippen LogP contribution in [0.15, 0.2) is 48.5 Å². The van der Waals surface area contributed by atoms with Gasteiger partial charge in [-0.3, -0.25) is 14.5 Å². The van der Waals surface area contributed by atoms with E-state index in [2.05, 4.69) is 16.3 Å². The predicted octanol–water partition coefficient (Wildman–Crippen LogP) is 4.26. The van der Waals surface area contributed by atoms with Crippen LogP contribution in [0.25, 0.3) is 10.2 Å². The molecule has 3 heterocycles. The molecule has 1 unspecified atom stereocenters. The number of nitrogens with one attached hydrogen (secondary N) is 1. The first kappa shape index (κ1) is 21.4. The van der Waals surface area contributed by atoms with Gasteiger partial charge in [0.05, 0.1) is 22.8 Å². The normalized spacial score (nSPS) is 19.4. The second-order valence-electron chi connectivity index (χ2n) is 8.18. The molecule has 5 rings (SSSR count). The van der Waals surface area contributed by atoms with Crippen molar-refractivity contribution in [2.75, 3.05) is 43.0 Å². The molecule has 1 N–H and O–H groups in total. The van der Waals surface area contributed by atoms with Gasteiger partial charge in [-0.05, 0) is 49.7 Å². The number of para-hydroxylation sites is 1. The van der Waals surface area contributed by atoms with Gasteiger partial charge in [-0.15, -0.1) is 11.3 Å². The Morgan fingerprint density at radius 3 is 2.75 bits per heavy atom. The molecule has 2 saturated heterocycles. The molecule has 2 aliphatic rings. The Kier molecular flexibility index (Phi) is 6.43. The van der Waals surface area contributed by atoms with E-state index in [1.54, 1.807) is 17.4 Å². The first-order valence-electron chi connectivity index (χ1n) is 11.0. The summed E-state index contributed by atoms with van der Waals surface area (Å²) in [6, 6.07) is 15.7. The highest BCUT2D eigenvalue weighted by Crippen LogP contribution is 2.36. The molecule has 6 nitrogen and oxygen atoms in total. The number of carbonyl (C=O) groups is 2. The fraction of sp³-hybridized carbons (Fsp3) is 0.375. The monoisotopic (exact) mass is 466 g/mol. The number of aromatic nitrogens is 1. The number of benzene rings is 2. The summed E-state index contributed by atoms with van der Waals surface area (Å²) in [6.07, 6.45) is 2.08. The number of likely N-dealkylation sites (tertiary alicyclic amines) is 1. The number of hydrogen-bond acceptors (Lipinski definition) is 6. The van der Waals surface area contributed by atoms with Crippen LogP contribution in [0.3, 0.4) is 0 Å². The van der Waals surface area contributed by atoms with E-state index in [0.29, 0.717) is 17.8 Å². The first-order chi connectivity index (χ1) is 15.7. The molecule has 0 aliphatic carbocycles. The van der Waals surface area contributed by atoms with Crippen molar-refractivity contribution in [3.05, 3.63) is 59.1 Å². The van der Waals surface area contributed by atoms with E-state index in [1.165, 1.54) is 4.70 Å². The molecule has 1 aromatic heterocycles. The molecule has 1 atom stereocenters. The second kappa shape index (κ2) is 9.60. The van der Waals surface area contributed by atoms with E-state index >= 15 is 0 Å². The van der Waals surface area contributed by atoms with Crippen molar-refractivity contribution in [3.8, 4) is 0 Å². The Labute approximate surface area is 196 Å². The minimum Gasteiger partial charge on any atom is -0.337 e. The third kappa shape index (κ3) is 4.67. The van der Waals surface area contributed by atoms with Gasteiger partial charge in [-0.2, -0.15) is 11.8 Å². The lowest BCUT2D eigenvalue weighted by atomic mass is 10.1. The minimum atomic E-state index is -0.0583. The summed E-state index contributed by atoms with van der Waals surface area (Å²) in [5.74, 6) is 1.94. The number of carbonyl (C=O) groups excluding carboxylic acids is 2. The van der Waals surface area contributed by atoms with Crippen LogP contribution < -0.4 is 5.32 Å². The summed E-state index contributed by atoms with van der Waals surface area (Å²) in [7, 11) is 0. The summed E-state index contributed by atoms with van der Waals surface area (Å²) >= 11 is 3.60. The quantitative estimate of drug-likeness (QED) is 0.609. The average molecular weight is 467 g/mol. The van der Waals surface area contributed by atoms with Crippen molar-refractivity contribution in [1.29, 1.82) is 0 Å². The van der Waals surface area contributed by atoms with Crippen LogP contribution in [0.4, 0.5) is 5.69 Å². The highest BCUT2D eigenvalue weighted by atomic mass is 32.2. The van der Waals surface area contributed by atoms with Gasteiger partial charge in [0.15, 0.2) is 0 Å². The minimum absolute atomic E-state index is 0.0387. The molecule has 32 heavy (non-hydrogen) atoms. The number of amides is 2. The Balaban J connectivity index is 1.23. The van der Waals surface area contributed by atoms with Gasteiger partial charge in [0.2, 0.25) is 5.91 Å². The van der Waals surface area contributed by atoms with E-state index in [1.807, 2.05) is 53.1 Å². The van der Waals surface area contributed by atoms with Crippen LogP contribution in [0.5, 0.6) is 0 Å². The van der Waals surface area contributed by atoms with E-state index in [4.69, 9.17) is 4.98 Å². The first-order valence-corrected chi connectivity index (χ1v) is 13.0. The summed E-state index contributed by atoms with van der Waals surface area (Å²) in [6.45, 7) is 2.77. The fourth-order valence-electron chi connectivity index (χ4n) is 4.39. The fourth-order valence-corrected chi connectivity index (χ4v) is 6.43. The number of anilines is 1. The summed E-state index contributed by atoms with van der Waals surface area (Å²) < 4.78 is 1.19. The van der Waals surface area contributed by atoms with Crippen molar-refractivity contribution >= 4 is 50.8 Å². The number of thiazole rings is 1. The number of hydrogen-bond donors (Lipinski definition) is 1. The van der Waals surface area contributed by atoms with Gasteiger partial charge in [0.25, 0.3) is 5.91 Å². The third-order valence-electron chi connectivity index (χ3n) is 6.00. The average Bonchev–Trinajstić information content (AvgIpc) is 3.45. The maximum atomic E-state index is 12.8. The molecule has 2 aliphatic heterocycles.